The van der Waals surface area contributed by atoms with Crippen molar-refractivity contribution in [1.29, 1.82) is 0 Å². The number of nitrogens with zero attached hydrogens (tertiary/aromatic N) is 1. The molecule has 4 nitrogen and oxygen atoms in total. The number of ether oxygens (including phenoxy) is 1. The molecule has 0 unspecified atom stereocenters. The van der Waals surface area contributed by atoms with Crippen molar-refractivity contribution in [3.63, 3.8) is 0 Å². The molecule has 1 heterocycles. The van der Waals surface area contributed by atoms with E-state index >= 15 is 0 Å². The third-order valence-corrected chi connectivity index (χ3v) is 2.82. The molecule has 1 aromatic heterocycles. The lowest BCUT2D eigenvalue weighted by molar-refractivity contribution is 0.309. The Kier molecular flexibility index (Phi) is 5.09. The quantitative estimate of drug-likeness (QED) is 0.620. The fourth-order valence-electron chi connectivity index (χ4n) is 1.80. The lowest BCUT2D eigenvalue weighted by Crippen LogP contribution is -2.32. The van der Waals surface area contributed by atoms with E-state index in [0.717, 1.165) is 24.6 Å². The minimum atomic E-state index is -1.81. The molecule has 2 rings (SSSR count). The molecule has 2 N–H and O–H groups in total. The van der Waals surface area contributed by atoms with Crippen LogP contribution in [0.3, 0.4) is 0 Å². The fraction of sp³-hybridized carbons (Fsp3) is 0.214. The molecule has 0 spiro atoms. The molecule has 2 aromatic rings. The summed E-state index contributed by atoms with van der Waals surface area (Å²) in [7, 11) is -1.81. The van der Waals surface area contributed by atoms with Gasteiger partial charge >= 0.3 is 7.12 Å². The van der Waals surface area contributed by atoms with Crippen LogP contribution in [0, 0.1) is 5.82 Å². The van der Waals surface area contributed by atoms with Crippen molar-refractivity contribution in [2.24, 2.45) is 0 Å². The molecule has 0 saturated carbocycles. The lowest BCUT2D eigenvalue weighted by Gasteiger charge is -2.08. The summed E-state index contributed by atoms with van der Waals surface area (Å²) in [5.41, 5.74) is 0.826. The minimum Gasteiger partial charge on any atom is -0.493 e. The van der Waals surface area contributed by atoms with Crippen LogP contribution in [0.25, 0.3) is 0 Å². The topological polar surface area (TPSA) is 62.6 Å². The minimum absolute atomic E-state index is 0. The van der Waals surface area contributed by atoms with Crippen LogP contribution in [0.4, 0.5) is 4.39 Å². The third-order valence-electron chi connectivity index (χ3n) is 2.82. The Morgan fingerprint density at radius 3 is 2.75 bits per heavy atom. The third kappa shape index (κ3) is 4.04. The van der Waals surface area contributed by atoms with Gasteiger partial charge in [-0.25, -0.2) is 4.39 Å². The van der Waals surface area contributed by atoms with Gasteiger partial charge in [0.2, 0.25) is 0 Å². The first-order chi connectivity index (χ1) is 9.66. The van der Waals surface area contributed by atoms with Crippen molar-refractivity contribution >= 4 is 12.6 Å². The van der Waals surface area contributed by atoms with Crippen LogP contribution in [0.1, 0.15) is 15.0 Å². The zero-order chi connectivity index (χ0) is 14.4. The van der Waals surface area contributed by atoms with E-state index in [1.54, 1.807) is 6.20 Å². The van der Waals surface area contributed by atoms with Gasteiger partial charge in [-0.2, -0.15) is 0 Å². The van der Waals surface area contributed by atoms with Crippen molar-refractivity contribution < 1.29 is 22.0 Å². The molecule has 20 heavy (non-hydrogen) atoms. The summed E-state index contributed by atoms with van der Waals surface area (Å²) in [5.74, 6) is -0.324. The summed E-state index contributed by atoms with van der Waals surface area (Å²) in [5, 5.41) is 17.8. The zero-order valence-corrected chi connectivity index (χ0v) is 10.9. The van der Waals surface area contributed by atoms with E-state index in [2.05, 4.69) is 4.98 Å². The number of benzene rings is 1. The maximum absolute atomic E-state index is 13.5. The molecule has 0 saturated heterocycles. The molecule has 0 radical (unpaired) electrons. The number of hydrogen-bond donors (Lipinski definition) is 2. The Balaban J connectivity index is 0.00000220. The number of aromatic nitrogens is 1. The first-order valence-electron chi connectivity index (χ1n) is 6.35. The molecule has 0 aliphatic rings. The van der Waals surface area contributed by atoms with Gasteiger partial charge in [0.1, 0.15) is 11.6 Å². The van der Waals surface area contributed by atoms with Crippen LogP contribution < -0.4 is 10.2 Å². The van der Waals surface area contributed by atoms with E-state index < -0.39 is 12.9 Å². The second-order valence-corrected chi connectivity index (χ2v) is 4.33. The van der Waals surface area contributed by atoms with Crippen molar-refractivity contribution in [2.45, 2.75) is 12.8 Å². The highest BCUT2D eigenvalue weighted by atomic mass is 19.1. The van der Waals surface area contributed by atoms with E-state index in [1.165, 1.54) is 12.1 Å². The summed E-state index contributed by atoms with van der Waals surface area (Å²) in [6, 6.07) is 9.69. The van der Waals surface area contributed by atoms with Gasteiger partial charge < -0.3 is 14.8 Å². The number of hydrogen-bond acceptors (Lipinski definition) is 4. The normalized spacial score (nSPS) is 10.3. The fourth-order valence-corrected chi connectivity index (χ4v) is 1.80. The predicted molar refractivity (Wildman–Crippen MR) is 78.5 cm³/mol. The van der Waals surface area contributed by atoms with Crippen LogP contribution in [0.5, 0.6) is 5.75 Å². The van der Waals surface area contributed by atoms with Gasteiger partial charge in [-0.1, -0.05) is 12.1 Å². The number of halogens is 1. The average Bonchev–Trinajstić information content (AvgIpc) is 2.44. The van der Waals surface area contributed by atoms with E-state index in [-0.39, 0.29) is 8.32 Å². The SMILES string of the molecule is OB(O)c1ccc(OCCCc2ccccn2)cc1F.[HH].[HH]. The number of aryl methyl sites for hydroxylation is 1. The zero-order valence-electron chi connectivity index (χ0n) is 10.9. The second-order valence-electron chi connectivity index (χ2n) is 4.33. The Hall–Kier alpha value is -1.92. The van der Waals surface area contributed by atoms with Crippen molar-refractivity contribution in [3.8, 4) is 5.75 Å². The standard InChI is InChI=1S/C14H15BFNO3.2H2/c16-14-10-12(6-7-13(14)15(18)19)20-9-3-5-11-4-1-2-8-17-11;;/h1-2,4,6-8,10,18-19H,3,5,9H2;2*1H. The van der Waals surface area contributed by atoms with E-state index in [0.29, 0.717) is 12.4 Å². The molecule has 1 aromatic carbocycles. The van der Waals surface area contributed by atoms with Gasteiger partial charge in [-0.15, -0.1) is 0 Å². The number of rotatable bonds is 6. The molecular weight excluding hydrogens is 260 g/mol. The Labute approximate surface area is 120 Å². The second kappa shape index (κ2) is 7.02. The van der Waals surface area contributed by atoms with E-state index in [9.17, 15) is 4.39 Å². The molecule has 0 aliphatic heterocycles. The first-order valence-corrected chi connectivity index (χ1v) is 6.35. The highest BCUT2D eigenvalue weighted by Gasteiger charge is 2.16. The smallest absolute Gasteiger partial charge is 0.491 e. The molecule has 0 atom stereocenters. The first kappa shape index (κ1) is 14.5. The van der Waals surface area contributed by atoms with Crippen LogP contribution in [0.15, 0.2) is 42.6 Å². The van der Waals surface area contributed by atoms with Crippen molar-refractivity contribution in [1.82, 2.24) is 4.98 Å². The van der Waals surface area contributed by atoms with Crippen LogP contribution in [0.2, 0.25) is 0 Å². The van der Waals surface area contributed by atoms with Gasteiger partial charge in [0.25, 0.3) is 0 Å². The van der Waals surface area contributed by atoms with E-state index in [4.69, 9.17) is 14.8 Å². The summed E-state index contributed by atoms with van der Waals surface area (Å²) in [4.78, 5) is 4.20. The molecule has 0 bridgehead atoms. The van der Waals surface area contributed by atoms with E-state index in [1.807, 2.05) is 18.2 Å². The van der Waals surface area contributed by atoms with Crippen LogP contribution in [-0.4, -0.2) is 28.8 Å². The Morgan fingerprint density at radius 2 is 2.10 bits per heavy atom. The van der Waals surface area contributed by atoms with Gasteiger partial charge in [0, 0.05) is 26.3 Å². The van der Waals surface area contributed by atoms with Gasteiger partial charge in [-0.3, -0.25) is 4.98 Å². The van der Waals surface area contributed by atoms with Crippen LogP contribution >= 0.6 is 0 Å². The van der Waals surface area contributed by atoms with Crippen LogP contribution in [-0.2, 0) is 6.42 Å². The molecular formula is C14H19BFNO3. The van der Waals surface area contributed by atoms with Gasteiger partial charge in [-0.05, 0) is 31.0 Å². The maximum atomic E-state index is 13.5. The maximum Gasteiger partial charge on any atom is 0.491 e. The van der Waals surface area contributed by atoms with Crippen molar-refractivity contribution in [2.75, 3.05) is 6.61 Å². The lowest BCUT2D eigenvalue weighted by atomic mass is 9.80. The molecule has 108 valence electrons. The van der Waals surface area contributed by atoms with Gasteiger partial charge in [0.05, 0.1) is 6.61 Å². The summed E-state index contributed by atoms with van der Waals surface area (Å²) in [6.45, 7) is 0.442. The Bertz CT molecular complexity index is 561. The molecule has 6 heteroatoms. The largest absolute Gasteiger partial charge is 0.493 e. The Morgan fingerprint density at radius 1 is 1.25 bits per heavy atom. The predicted octanol–water partition coefficient (Wildman–Crippen LogP) is 1.40. The molecule has 0 aliphatic carbocycles. The monoisotopic (exact) mass is 279 g/mol. The summed E-state index contributed by atoms with van der Waals surface area (Å²) in [6.07, 6.45) is 3.30. The average molecular weight is 279 g/mol. The van der Waals surface area contributed by atoms with Gasteiger partial charge in [0.15, 0.2) is 0 Å². The highest BCUT2D eigenvalue weighted by Crippen LogP contribution is 2.12. The van der Waals surface area contributed by atoms with Crippen molar-refractivity contribution in [3.05, 3.63) is 54.1 Å². The molecule has 0 fully saturated rings. The summed E-state index contributed by atoms with van der Waals surface area (Å²) < 4.78 is 18.9. The number of pyridine rings is 1. The highest BCUT2D eigenvalue weighted by molar-refractivity contribution is 6.58. The summed E-state index contributed by atoms with van der Waals surface area (Å²) >= 11 is 0. The molecule has 0 amide bonds.